The summed E-state index contributed by atoms with van der Waals surface area (Å²) >= 11 is 1.18. The number of esters is 1. The third-order valence-corrected chi connectivity index (χ3v) is 4.90. The minimum atomic E-state index is -0.664. The number of benzene rings is 1. The van der Waals surface area contributed by atoms with E-state index in [-0.39, 0.29) is 11.3 Å². The fourth-order valence-electron chi connectivity index (χ4n) is 2.51. The van der Waals surface area contributed by atoms with E-state index >= 15 is 0 Å². The molecule has 0 aliphatic carbocycles. The van der Waals surface area contributed by atoms with Crippen LogP contribution in [-0.4, -0.2) is 42.4 Å². The average Bonchev–Trinajstić information content (AvgIpc) is 3.02. The number of pyridine rings is 1. The summed E-state index contributed by atoms with van der Waals surface area (Å²) in [6.07, 6.45) is 5.04. The van der Waals surface area contributed by atoms with Crippen LogP contribution in [0.4, 0.5) is 5.69 Å². The molecule has 0 unspecified atom stereocenters. The number of aliphatic hydroxyl groups excluding tert-OH is 1. The molecule has 2 aromatic rings. The van der Waals surface area contributed by atoms with Gasteiger partial charge in [-0.05, 0) is 35.9 Å². The van der Waals surface area contributed by atoms with Gasteiger partial charge in [0.05, 0.1) is 31.9 Å². The molecule has 8 heteroatoms. The molecule has 3 rings (SSSR count). The zero-order chi connectivity index (χ0) is 20.1. The number of carbonyl (C=O) groups is 1. The molecule has 0 amide bonds. The van der Waals surface area contributed by atoms with Gasteiger partial charge in [-0.1, -0.05) is 11.8 Å². The summed E-state index contributed by atoms with van der Waals surface area (Å²) < 4.78 is 15.3. The van der Waals surface area contributed by atoms with Gasteiger partial charge in [-0.3, -0.25) is 4.98 Å². The van der Waals surface area contributed by atoms with Crippen molar-refractivity contribution in [3.8, 4) is 11.5 Å². The molecule has 1 aromatic heterocycles. The summed E-state index contributed by atoms with van der Waals surface area (Å²) in [7, 11) is 4.33. The van der Waals surface area contributed by atoms with Gasteiger partial charge in [-0.2, -0.15) is 0 Å². The van der Waals surface area contributed by atoms with E-state index in [1.165, 1.54) is 26.0 Å². The number of nitrogens with zero attached hydrogens (tertiary/aromatic N) is 2. The van der Waals surface area contributed by atoms with E-state index in [0.29, 0.717) is 27.1 Å². The molecule has 0 spiro atoms. The second-order valence-corrected chi connectivity index (χ2v) is 6.59. The predicted octanol–water partition coefficient (Wildman–Crippen LogP) is 3.90. The minimum absolute atomic E-state index is 0.0163. The van der Waals surface area contributed by atoms with Crippen LogP contribution in [0, 0.1) is 0 Å². The van der Waals surface area contributed by atoms with Gasteiger partial charge in [-0.25, -0.2) is 9.79 Å². The molecule has 0 saturated heterocycles. The van der Waals surface area contributed by atoms with E-state index in [2.05, 4.69) is 9.98 Å². The maximum Gasteiger partial charge on any atom is 0.344 e. The minimum Gasteiger partial charge on any atom is -0.506 e. The van der Waals surface area contributed by atoms with Crippen molar-refractivity contribution in [2.75, 3.05) is 21.3 Å². The Balaban J connectivity index is 2.04. The molecule has 1 aliphatic heterocycles. The van der Waals surface area contributed by atoms with Crippen molar-refractivity contribution in [2.45, 2.75) is 0 Å². The molecule has 7 nitrogen and oxygen atoms in total. The molecule has 1 N–H and O–H groups in total. The van der Waals surface area contributed by atoms with Crippen LogP contribution in [0.5, 0.6) is 11.5 Å². The van der Waals surface area contributed by atoms with Crippen molar-refractivity contribution in [1.29, 1.82) is 0 Å². The number of ether oxygens (including phenoxy) is 3. The largest absolute Gasteiger partial charge is 0.506 e. The molecule has 2 heterocycles. The van der Waals surface area contributed by atoms with Crippen LogP contribution in [0.2, 0.25) is 0 Å². The summed E-state index contributed by atoms with van der Waals surface area (Å²) in [5, 5.41) is 10.9. The molecule has 144 valence electrons. The van der Waals surface area contributed by atoms with Crippen LogP contribution in [0.3, 0.4) is 0 Å². The summed E-state index contributed by atoms with van der Waals surface area (Å²) in [6.45, 7) is 0. The van der Waals surface area contributed by atoms with Crippen LogP contribution in [0.1, 0.15) is 5.56 Å². The molecule has 0 saturated carbocycles. The van der Waals surface area contributed by atoms with E-state index in [1.807, 2.05) is 0 Å². The molecule has 0 atom stereocenters. The fourth-order valence-corrected chi connectivity index (χ4v) is 3.55. The van der Waals surface area contributed by atoms with Crippen molar-refractivity contribution in [3.63, 3.8) is 0 Å². The number of thioether (sulfide) groups is 1. The lowest BCUT2D eigenvalue weighted by Gasteiger charge is -2.08. The van der Waals surface area contributed by atoms with Crippen molar-refractivity contribution >= 4 is 34.5 Å². The molecule has 1 aliphatic rings. The fraction of sp³-hybridized carbons (Fsp3) is 0.150. The van der Waals surface area contributed by atoms with Gasteiger partial charge in [0.25, 0.3) is 0 Å². The maximum absolute atomic E-state index is 12.2. The highest BCUT2D eigenvalue weighted by Crippen LogP contribution is 2.41. The Kier molecular flexibility index (Phi) is 6.00. The van der Waals surface area contributed by atoms with Crippen molar-refractivity contribution in [1.82, 2.24) is 4.98 Å². The summed E-state index contributed by atoms with van der Waals surface area (Å²) in [4.78, 5) is 21.2. The van der Waals surface area contributed by atoms with Gasteiger partial charge in [-0.15, -0.1) is 0 Å². The molecule has 0 fully saturated rings. The van der Waals surface area contributed by atoms with Crippen molar-refractivity contribution in [3.05, 3.63) is 64.5 Å². The first-order valence-electron chi connectivity index (χ1n) is 8.20. The van der Waals surface area contributed by atoms with Gasteiger partial charge in [0.15, 0.2) is 11.5 Å². The Bertz CT molecular complexity index is 983. The average molecular weight is 398 g/mol. The number of aliphatic hydroxyl groups is 1. The molecular formula is C20H18N2O5S. The van der Waals surface area contributed by atoms with Gasteiger partial charge in [0.2, 0.25) is 0 Å². The van der Waals surface area contributed by atoms with E-state index in [0.717, 1.165) is 5.56 Å². The quantitative estimate of drug-likeness (QED) is 0.764. The van der Waals surface area contributed by atoms with Crippen molar-refractivity contribution < 1.29 is 24.1 Å². The lowest BCUT2D eigenvalue weighted by molar-refractivity contribution is -0.135. The van der Waals surface area contributed by atoms with Crippen molar-refractivity contribution in [2.24, 2.45) is 4.99 Å². The Morgan fingerprint density at radius 1 is 1.11 bits per heavy atom. The molecule has 28 heavy (non-hydrogen) atoms. The van der Waals surface area contributed by atoms with E-state index < -0.39 is 5.97 Å². The topological polar surface area (TPSA) is 90.2 Å². The van der Waals surface area contributed by atoms with Crippen LogP contribution in [0.25, 0.3) is 6.08 Å². The second kappa shape index (κ2) is 8.62. The third kappa shape index (κ3) is 4.01. The van der Waals surface area contributed by atoms with Gasteiger partial charge >= 0.3 is 5.97 Å². The van der Waals surface area contributed by atoms with Gasteiger partial charge in [0.1, 0.15) is 16.4 Å². The maximum atomic E-state index is 12.2. The smallest absolute Gasteiger partial charge is 0.344 e. The SMILES string of the molecule is COC(=O)C1=C(O)/C(=C\c2ccncc2)SC1=Nc1ccc(OC)c(OC)c1. The standard InChI is InChI=1S/C20H18N2O5S/c1-25-14-5-4-13(11-15(14)26-2)22-19-17(20(24)27-3)18(23)16(28-19)10-12-6-8-21-9-7-12/h4-11,23H,1-3H3/b16-10+,22-19?. The van der Waals surface area contributed by atoms with Crippen LogP contribution in [-0.2, 0) is 9.53 Å². The zero-order valence-electron chi connectivity index (χ0n) is 15.5. The number of carbonyl (C=O) groups excluding carboxylic acids is 1. The lowest BCUT2D eigenvalue weighted by Crippen LogP contribution is -2.10. The van der Waals surface area contributed by atoms with Crippen LogP contribution in [0.15, 0.2) is 64.0 Å². The van der Waals surface area contributed by atoms with Gasteiger partial charge in [0, 0.05) is 18.5 Å². The van der Waals surface area contributed by atoms with E-state index in [1.54, 1.807) is 55.9 Å². The summed E-state index contributed by atoms with van der Waals surface area (Å²) in [6, 6.07) is 8.71. The number of hydrogen-bond acceptors (Lipinski definition) is 8. The highest BCUT2D eigenvalue weighted by atomic mass is 32.2. The van der Waals surface area contributed by atoms with Crippen LogP contribution >= 0.6 is 11.8 Å². The lowest BCUT2D eigenvalue weighted by atomic mass is 10.2. The normalized spacial score (nSPS) is 16.5. The van der Waals surface area contributed by atoms with Gasteiger partial charge < -0.3 is 19.3 Å². The Morgan fingerprint density at radius 3 is 2.46 bits per heavy atom. The van der Waals surface area contributed by atoms with Crippen LogP contribution < -0.4 is 9.47 Å². The number of hydrogen-bond donors (Lipinski definition) is 1. The first kappa shape index (κ1) is 19.5. The predicted molar refractivity (Wildman–Crippen MR) is 108 cm³/mol. The van der Waals surface area contributed by atoms with E-state index in [4.69, 9.17) is 14.2 Å². The Labute approximate surface area is 166 Å². The highest BCUT2D eigenvalue weighted by molar-refractivity contribution is 8.18. The number of methoxy groups -OCH3 is 3. The summed E-state index contributed by atoms with van der Waals surface area (Å²) in [5.74, 6) is 0.235. The first-order valence-corrected chi connectivity index (χ1v) is 9.01. The highest BCUT2D eigenvalue weighted by Gasteiger charge is 2.33. The Morgan fingerprint density at radius 2 is 1.82 bits per heavy atom. The number of rotatable bonds is 5. The monoisotopic (exact) mass is 398 g/mol. The third-order valence-electron chi connectivity index (χ3n) is 3.88. The second-order valence-electron chi connectivity index (χ2n) is 5.56. The molecule has 1 aromatic carbocycles. The number of aromatic nitrogens is 1. The number of aliphatic imine (C=N–C) groups is 1. The Hall–Kier alpha value is -3.26. The zero-order valence-corrected chi connectivity index (χ0v) is 16.3. The first-order chi connectivity index (χ1) is 13.6. The van der Waals surface area contributed by atoms with E-state index in [9.17, 15) is 9.90 Å². The summed E-state index contributed by atoms with van der Waals surface area (Å²) in [5.41, 5.74) is 1.39. The molecule has 0 bridgehead atoms. The molecule has 0 radical (unpaired) electrons. The molecular weight excluding hydrogens is 380 g/mol.